The Hall–Kier alpha value is -2.44. The molecule has 41 heavy (non-hydrogen) atoms. The van der Waals surface area contributed by atoms with E-state index < -0.39 is 5.97 Å². The van der Waals surface area contributed by atoms with Crippen molar-refractivity contribution in [3.8, 4) is 11.5 Å². The minimum atomic E-state index is -1.23. The van der Waals surface area contributed by atoms with Crippen molar-refractivity contribution in [1.29, 1.82) is 0 Å². The zero-order chi connectivity index (χ0) is 29.0. The monoisotopic (exact) mass is 631 g/mol. The summed E-state index contributed by atoms with van der Waals surface area (Å²) in [5.74, 6) is 0.0713. The van der Waals surface area contributed by atoms with Gasteiger partial charge in [-0.05, 0) is 63.6 Å². The fourth-order valence-corrected chi connectivity index (χ4v) is 7.54. The van der Waals surface area contributed by atoms with Crippen LogP contribution in [0.4, 0.5) is 5.69 Å². The molecule has 3 aliphatic rings. The molecule has 3 aromatic rings. The van der Waals surface area contributed by atoms with Gasteiger partial charge in [0.15, 0.2) is 0 Å². The summed E-state index contributed by atoms with van der Waals surface area (Å²) in [6, 6.07) is 8.47. The van der Waals surface area contributed by atoms with Crippen LogP contribution in [0.2, 0.25) is 20.1 Å². The number of hydrogen-bond donors (Lipinski definition) is 1. The summed E-state index contributed by atoms with van der Waals surface area (Å²) in [6.07, 6.45) is 6.15. The number of nitrogens with zero attached hydrogens (tertiary/aromatic N) is 2. The van der Waals surface area contributed by atoms with Gasteiger partial charge < -0.3 is 14.7 Å². The lowest BCUT2D eigenvalue weighted by Crippen LogP contribution is -2.34. The molecule has 0 amide bonds. The maximum absolute atomic E-state index is 12.7. The summed E-state index contributed by atoms with van der Waals surface area (Å²) >= 11 is 26.4. The van der Waals surface area contributed by atoms with Gasteiger partial charge in [-0.1, -0.05) is 46.4 Å². The Labute approximate surface area is 259 Å². The van der Waals surface area contributed by atoms with Crippen molar-refractivity contribution in [2.75, 3.05) is 31.1 Å². The van der Waals surface area contributed by atoms with E-state index in [0.29, 0.717) is 17.1 Å². The number of fused-ring (bicyclic) bond motifs is 4. The largest absolute Gasteiger partial charge is 0.478 e. The van der Waals surface area contributed by atoms with E-state index in [1.54, 1.807) is 0 Å². The van der Waals surface area contributed by atoms with Crippen molar-refractivity contribution in [3.05, 3.63) is 82.7 Å². The quantitative estimate of drug-likeness (QED) is 0.145. The van der Waals surface area contributed by atoms with Gasteiger partial charge in [0.2, 0.25) is 5.36 Å². The molecule has 6 rings (SSSR count). The first-order valence-corrected chi connectivity index (χ1v) is 15.7. The maximum Gasteiger partial charge on any atom is 0.337 e. The summed E-state index contributed by atoms with van der Waals surface area (Å²) in [6.45, 7) is 8.04. The van der Waals surface area contributed by atoms with E-state index in [1.807, 2.05) is 0 Å². The summed E-state index contributed by atoms with van der Waals surface area (Å²) in [4.78, 5) is 15.1. The highest BCUT2D eigenvalue weighted by molar-refractivity contribution is 6.53. The summed E-state index contributed by atoms with van der Waals surface area (Å²) in [5, 5.41) is 12.2. The molecule has 0 aliphatic carbocycles. The molecule has 0 saturated heterocycles. The summed E-state index contributed by atoms with van der Waals surface area (Å²) in [5.41, 5.74) is 5.04. The summed E-state index contributed by atoms with van der Waals surface area (Å²) in [7, 11) is 0. The molecule has 9 heteroatoms. The molecule has 0 unspecified atom stereocenters. The molecule has 1 N–H and O–H groups in total. The van der Waals surface area contributed by atoms with E-state index in [9.17, 15) is 9.90 Å². The normalized spacial score (nSPS) is 16.2. The van der Waals surface area contributed by atoms with Crippen LogP contribution >= 0.6 is 46.4 Å². The lowest BCUT2D eigenvalue weighted by Gasteiger charge is -2.28. The van der Waals surface area contributed by atoms with Crippen LogP contribution in [0.25, 0.3) is 5.57 Å². The molecular weight excluding hydrogens is 602 g/mol. The van der Waals surface area contributed by atoms with E-state index in [4.69, 9.17) is 51.1 Å². The number of carbonyl (C=O) groups is 1. The first-order chi connectivity index (χ1) is 19.7. The molecule has 3 heterocycles. The van der Waals surface area contributed by atoms with Gasteiger partial charge in [0.05, 0.1) is 31.7 Å². The molecule has 3 aromatic carbocycles. The fraction of sp³-hybridized carbons (Fsp3) is 0.375. The number of aromatic carboxylic acids is 1. The third kappa shape index (κ3) is 4.79. The predicted molar refractivity (Wildman–Crippen MR) is 168 cm³/mol. The number of rotatable bonds is 4. The second-order valence-electron chi connectivity index (χ2n) is 10.8. The zero-order valence-corrected chi connectivity index (χ0v) is 26.1. The van der Waals surface area contributed by atoms with Crippen LogP contribution in [-0.2, 0) is 12.8 Å². The van der Waals surface area contributed by atoms with E-state index >= 15 is 0 Å². The fourth-order valence-electron chi connectivity index (χ4n) is 6.51. The first kappa shape index (κ1) is 28.7. The van der Waals surface area contributed by atoms with Gasteiger partial charge in [0, 0.05) is 58.7 Å². The lowest BCUT2D eigenvalue weighted by molar-refractivity contribution is 0.0696. The highest BCUT2D eigenvalue weighted by atomic mass is 35.5. The van der Waals surface area contributed by atoms with Crippen LogP contribution in [0.5, 0.6) is 11.5 Å². The number of aryl methyl sites for hydroxylation is 2. The number of carboxylic acids is 1. The molecule has 0 saturated carbocycles. The number of anilines is 1. The molecule has 0 fully saturated rings. The average Bonchev–Trinajstić information content (AvgIpc) is 3.29. The van der Waals surface area contributed by atoms with Crippen molar-refractivity contribution in [2.45, 2.75) is 52.4 Å². The number of carboxylic acid groups (broad SMARTS) is 1. The molecule has 0 bridgehead atoms. The van der Waals surface area contributed by atoms with Gasteiger partial charge in [-0.2, -0.15) is 0 Å². The zero-order valence-electron chi connectivity index (χ0n) is 23.1. The number of ether oxygens (including phenoxy) is 1. The number of hydrogen-bond acceptors (Lipinski definition) is 3. The molecule has 3 aliphatic heterocycles. The summed E-state index contributed by atoms with van der Waals surface area (Å²) < 4.78 is 9.07. The van der Waals surface area contributed by atoms with Gasteiger partial charge in [-0.3, -0.25) is 0 Å². The van der Waals surface area contributed by atoms with Gasteiger partial charge in [-0.15, -0.1) is 0 Å². The third-order valence-corrected chi connectivity index (χ3v) is 10.3. The van der Waals surface area contributed by atoms with Gasteiger partial charge >= 0.3 is 5.97 Å². The number of benzene rings is 3. The second-order valence-corrected chi connectivity index (χ2v) is 12.3. The minimum Gasteiger partial charge on any atom is -0.478 e. The second kappa shape index (κ2) is 11.3. The SMILES string of the molecule is CCN1CCCCc2cc3c(cc21)Oc1cc2c(cc1=C3c1c(Cl)c(Cl)c(Cl)c(Cl)c1C(=O)O)CCCC[N+]=2CC. The highest BCUT2D eigenvalue weighted by Gasteiger charge is 2.33. The predicted octanol–water partition coefficient (Wildman–Crippen LogP) is 7.36. The van der Waals surface area contributed by atoms with Crippen molar-refractivity contribution in [3.63, 3.8) is 0 Å². The van der Waals surface area contributed by atoms with Crippen LogP contribution in [0.15, 0.2) is 24.3 Å². The van der Waals surface area contributed by atoms with E-state index in [2.05, 4.69) is 47.6 Å². The van der Waals surface area contributed by atoms with Crippen LogP contribution in [-0.4, -0.2) is 37.3 Å². The topological polar surface area (TPSA) is 52.8 Å². The molecular formula is C32H31Cl4N2O3+. The van der Waals surface area contributed by atoms with E-state index in [0.717, 1.165) is 86.5 Å². The number of halogens is 4. The van der Waals surface area contributed by atoms with Crippen LogP contribution in [0.3, 0.4) is 0 Å². The maximum atomic E-state index is 12.7. The smallest absolute Gasteiger partial charge is 0.337 e. The van der Waals surface area contributed by atoms with Crippen molar-refractivity contribution in [2.24, 2.45) is 0 Å². The molecule has 0 radical (unpaired) electrons. The standard InChI is InChI=1S/C32H30Cl4N2O3/c1-3-37-11-7-5-9-17-13-19-23(15-21(17)37)41-24-16-22-18(10-6-8-12-38(22)4-2)14-20(24)25(19)26-27(32(39)40)29(34)31(36)30(35)28(26)33/h13-16H,3-12H2,1-2H3/p+1. The Balaban J connectivity index is 1.79. The lowest BCUT2D eigenvalue weighted by atomic mass is 9.87. The van der Waals surface area contributed by atoms with Crippen molar-refractivity contribution < 1.29 is 14.6 Å². The molecule has 0 atom stereocenters. The minimum absolute atomic E-state index is 0.0271. The Kier molecular flexibility index (Phi) is 7.92. The van der Waals surface area contributed by atoms with Crippen LogP contribution in [0, 0.1) is 0 Å². The third-order valence-electron chi connectivity index (χ3n) is 8.54. The van der Waals surface area contributed by atoms with Crippen molar-refractivity contribution >= 4 is 63.6 Å². The highest BCUT2D eigenvalue weighted by Crippen LogP contribution is 2.48. The molecule has 214 valence electrons. The Morgan fingerprint density at radius 1 is 0.902 bits per heavy atom. The Morgan fingerprint density at radius 2 is 1.63 bits per heavy atom. The average molecular weight is 633 g/mol. The van der Waals surface area contributed by atoms with Gasteiger partial charge in [0.1, 0.15) is 24.6 Å². The van der Waals surface area contributed by atoms with Crippen molar-refractivity contribution in [1.82, 2.24) is 4.58 Å². The molecule has 0 spiro atoms. The van der Waals surface area contributed by atoms with E-state index in [1.165, 1.54) is 11.1 Å². The Bertz CT molecular complexity index is 1730. The Morgan fingerprint density at radius 3 is 2.37 bits per heavy atom. The van der Waals surface area contributed by atoms with E-state index in [-0.39, 0.29) is 31.2 Å². The molecule has 0 aromatic heterocycles. The molecule has 5 nitrogen and oxygen atoms in total. The van der Waals surface area contributed by atoms with Crippen LogP contribution < -0.4 is 24.8 Å². The van der Waals surface area contributed by atoms with Crippen LogP contribution in [0.1, 0.15) is 72.1 Å². The first-order valence-electron chi connectivity index (χ1n) is 14.2. The van der Waals surface area contributed by atoms with Gasteiger partial charge in [-0.25, -0.2) is 9.37 Å². The van der Waals surface area contributed by atoms with Gasteiger partial charge in [0.25, 0.3) is 0 Å².